The van der Waals surface area contributed by atoms with Gasteiger partial charge in [-0.3, -0.25) is 9.59 Å². The number of ether oxygens (including phenoxy) is 3. The SMILES string of the molecule is CCCCC/C=C\C/C=C\C/C=C\CCCCCCCCCOCC(COC(=O)CCCCCCCCCCCCCCCCCCCCC)OC(=O)CCCCCCCCCCC. The summed E-state index contributed by atoms with van der Waals surface area (Å²) < 4.78 is 17.4. The molecule has 0 aromatic carbocycles. The van der Waals surface area contributed by atoms with Crippen molar-refractivity contribution in [1.29, 1.82) is 0 Å². The fraction of sp³-hybridized carbons (Fsp3) is 0.864. The van der Waals surface area contributed by atoms with Gasteiger partial charge in [-0.05, 0) is 57.8 Å². The quantitative estimate of drug-likeness (QED) is 0.0346. The van der Waals surface area contributed by atoms with E-state index in [2.05, 4.69) is 57.2 Å². The van der Waals surface area contributed by atoms with Gasteiger partial charge in [0, 0.05) is 19.4 Å². The van der Waals surface area contributed by atoms with Gasteiger partial charge in [-0.1, -0.05) is 269 Å². The molecule has 0 heterocycles. The van der Waals surface area contributed by atoms with Crippen molar-refractivity contribution in [1.82, 2.24) is 0 Å². The van der Waals surface area contributed by atoms with Gasteiger partial charge in [-0.15, -0.1) is 0 Å². The van der Waals surface area contributed by atoms with E-state index in [9.17, 15) is 9.59 Å². The maximum absolute atomic E-state index is 12.8. The van der Waals surface area contributed by atoms with Gasteiger partial charge < -0.3 is 14.2 Å². The second kappa shape index (κ2) is 55.4. The zero-order valence-corrected chi connectivity index (χ0v) is 43.3. The first kappa shape index (κ1) is 62.1. The predicted molar refractivity (Wildman–Crippen MR) is 279 cm³/mol. The lowest BCUT2D eigenvalue weighted by atomic mass is 10.0. The number of allylic oxidation sites excluding steroid dienone is 6. The van der Waals surface area contributed by atoms with Crippen molar-refractivity contribution < 1.29 is 23.8 Å². The number of hydrogen-bond donors (Lipinski definition) is 0. The highest BCUT2D eigenvalue weighted by atomic mass is 16.6. The van der Waals surface area contributed by atoms with Crippen molar-refractivity contribution >= 4 is 11.9 Å². The van der Waals surface area contributed by atoms with E-state index in [0.717, 1.165) is 51.4 Å². The summed E-state index contributed by atoms with van der Waals surface area (Å²) >= 11 is 0. The molecule has 0 aliphatic heterocycles. The van der Waals surface area contributed by atoms with E-state index in [-0.39, 0.29) is 25.2 Å². The Morgan fingerprint density at radius 2 is 0.656 bits per heavy atom. The summed E-state index contributed by atoms with van der Waals surface area (Å²) in [5.41, 5.74) is 0. The molecule has 0 rings (SSSR count). The van der Waals surface area contributed by atoms with Crippen LogP contribution in [0.5, 0.6) is 0 Å². The molecule has 0 aliphatic carbocycles. The normalized spacial score (nSPS) is 12.4. The van der Waals surface area contributed by atoms with Gasteiger partial charge in [0.1, 0.15) is 6.61 Å². The van der Waals surface area contributed by atoms with Gasteiger partial charge in [0.05, 0.1) is 6.61 Å². The van der Waals surface area contributed by atoms with E-state index in [1.807, 2.05) is 0 Å². The molecule has 5 heteroatoms. The van der Waals surface area contributed by atoms with Crippen molar-refractivity contribution in [3.8, 4) is 0 Å². The Balaban J connectivity index is 4.12. The zero-order valence-electron chi connectivity index (χ0n) is 43.3. The summed E-state index contributed by atoms with van der Waals surface area (Å²) in [6, 6.07) is 0. The van der Waals surface area contributed by atoms with Crippen molar-refractivity contribution in [2.75, 3.05) is 19.8 Å². The first-order chi connectivity index (χ1) is 31.6. The maximum atomic E-state index is 12.8. The Labute approximate surface area is 400 Å². The fourth-order valence-electron chi connectivity index (χ4n) is 8.40. The first-order valence-electron chi connectivity index (χ1n) is 28.5. The standard InChI is InChI=1S/C59H110O5/c1-4-7-10-13-16-19-21-23-25-27-29-31-33-35-37-39-42-45-48-51-54-62-55-57(64-59(61)53-50-47-44-40-18-15-12-9-6-3)56-63-58(60)52-49-46-43-41-38-36-34-32-30-28-26-24-22-20-17-14-11-8-5-2/h16,19,23,25,29,31,57H,4-15,17-18,20-22,24,26-28,30,32-56H2,1-3H3/b19-16-,25-23-,31-29-. The number of carbonyl (C=O) groups is 2. The molecule has 0 amide bonds. The lowest BCUT2D eigenvalue weighted by molar-refractivity contribution is -0.163. The average molecular weight is 900 g/mol. The third-order valence-corrected chi connectivity index (χ3v) is 12.7. The van der Waals surface area contributed by atoms with Crippen molar-refractivity contribution in [3.63, 3.8) is 0 Å². The van der Waals surface area contributed by atoms with E-state index < -0.39 is 6.10 Å². The second-order valence-corrected chi connectivity index (χ2v) is 19.2. The molecule has 64 heavy (non-hydrogen) atoms. The molecule has 1 atom stereocenters. The largest absolute Gasteiger partial charge is 0.462 e. The van der Waals surface area contributed by atoms with Gasteiger partial charge in [-0.25, -0.2) is 0 Å². The third kappa shape index (κ3) is 52.7. The van der Waals surface area contributed by atoms with Crippen molar-refractivity contribution in [2.24, 2.45) is 0 Å². The highest BCUT2D eigenvalue weighted by Gasteiger charge is 2.17. The molecule has 0 fully saturated rings. The Kier molecular flexibility index (Phi) is 53.8. The molecule has 376 valence electrons. The molecule has 1 unspecified atom stereocenters. The van der Waals surface area contributed by atoms with E-state index in [1.54, 1.807) is 0 Å². The van der Waals surface area contributed by atoms with Gasteiger partial charge in [0.15, 0.2) is 6.10 Å². The molecule has 0 spiro atoms. The number of rotatable bonds is 53. The number of esters is 2. The van der Waals surface area contributed by atoms with Crippen LogP contribution in [0.1, 0.15) is 303 Å². The molecular formula is C59H110O5. The summed E-state index contributed by atoms with van der Waals surface area (Å²) in [5, 5.41) is 0. The van der Waals surface area contributed by atoms with Crippen LogP contribution in [-0.2, 0) is 23.8 Å². The minimum atomic E-state index is -0.535. The first-order valence-corrected chi connectivity index (χ1v) is 28.5. The Morgan fingerprint density at radius 3 is 1.08 bits per heavy atom. The molecule has 0 aliphatic rings. The van der Waals surface area contributed by atoms with Crippen LogP contribution in [-0.4, -0.2) is 37.9 Å². The highest BCUT2D eigenvalue weighted by Crippen LogP contribution is 2.16. The number of hydrogen-bond acceptors (Lipinski definition) is 5. The van der Waals surface area contributed by atoms with Crippen LogP contribution in [0.3, 0.4) is 0 Å². The van der Waals surface area contributed by atoms with E-state index in [1.165, 1.54) is 218 Å². The topological polar surface area (TPSA) is 61.8 Å². The molecule has 0 N–H and O–H groups in total. The summed E-state index contributed by atoms with van der Waals surface area (Å²) in [6.45, 7) is 7.82. The van der Waals surface area contributed by atoms with Crippen LogP contribution in [0.15, 0.2) is 36.5 Å². The average Bonchev–Trinajstić information content (AvgIpc) is 3.30. The Bertz CT molecular complexity index is 1020. The van der Waals surface area contributed by atoms with Crippen LogP contribution in [0.4, 0.5) is 0 Å². The minimum absolute atomic E-state index is 0.0875. The van der Waals surface area contributed by atoms with Gasteiger partial charge in [-0.2, -0.15) is 0 Å². The zero-order chi connectivity index (χ0) is 46.3. The Morgan fingerprint density at radius 1 is 0.344 bits per heavy atom. The maximum Gasteiger partial charge on any atom is 0.306 e. The summed E-state index contributed by atoms with van der Waals surface area (Å²) in [7, 11) is 0. The van der Waals surface area contributed by atoms with Crippen molar-refractivity contribution in [2.45, 2.75) is 309 Å². The van der Waals surface area contributed by atoms with E-state index in [4.69, 9.17) is 14.2 Å². The summed E-state index contributed by atoms with van der Waals surface area (Å²) in [6.07, 6.45) is 67.4. The lowest BCUT2D eigenvalue weighted by Crippen LogP contribution is -2.30. The van der Waals surface area contributed by atoms with Crippen LogP contribution in [0, 0.1) is 0 Å². The van der Waals surface area contributed by atoms with Crippen LogP contribution >= 0.6 is 0 Å². The van der Waals surface area contributed by atoms with Crippen LogP contribution in [0.25, 0.3) is 0 Å². The molecule has 0 saturated heterocycles. The Hall–Kier alpha value is -1.88. The fourth-order valence-corrected chi connectivity index (χ4v) is 8.40. The minimum Gasteiger partial charge on any atom is -0.462 e. The molecule has 5 nitrogen and oxygen atoms in total. The molecule has 0 aromatic rings. The van der Waals surface area contributed by atoms with Gasteiger partial charge in [0.25, 0.3) is 0 Å². The third-order valence-electron chi connectivity index (χ3n) is 12.7. The highest BCUT2D eigenvalue weighted by molar-refractivity contribution is 5.70. The van der Waals surface area contributed by atoms with Crippen molar-refractivity contribution in [3.05, 3.63) is 36.5 Å². The predicted octanol–water partition coefficient (Wildman–Crippen LogP) is 19.4. The molecule has 0 aromatic heterocycles. The van der Waals surface area contributed by atoms with Crippen LogP contribution in [0.2, 0.25) is 0 Å². The monoisotopic (exact) mass is 899 g/mol. The number of unbranched alkanes of at least 4 members (excludes halogenated alkanes) is 36. The molecule has 0 radical (unpaired) electrons. The van der Waals surface area contributed by atoms with Gasteiger partial charge in [0.2, 0.25) is 0 Å². The summed E-state index contributed by atoms with van der Waals surface area (Å²) in [5.74, 6) is -0.387. The summed E-state index contributed by atoms with van der Waals surface area (Å²) in [4.78, 5) is 25.4. The number of carbonyl (C=O) groups excluding carboxylic acids is 2. The lowest BCUT2D eigenvalue weighted by Gasteiger charge is -2.18. The smallest absolute Gasteiger partial charge is 0.306 e. The second-order valence-electron chi connectivity index (χ2n) is 19.2. The van der Waals surface area contributed by atoms with E-state index >= 15 is 0 Å². The van der Waals surface area contributed by atoms with Crippen LogP contribution < -0.4 is 0 Å². The molecular weight excluding hydrogens is 789 g/mol. The molecule has 0 bridgehead atoms. The van der Waals surface area contributed by atoms with E-state index in [0.29, 0.717) is 19.4 Å². The van der Waals surface area contributed by atoms with Gasteiger partial charge >= 0.3 is 11.9 Å². The molecule has 0 saturated carbocycles.